The van der Waals surface area contributed by atoms with Crippen molar-refractivity contribution in [1.82, 2.24) is 0 Å². The molecule has 16 heavy (non-hydrogen) atoms. The summed E-state index contributed by atoms with van der Waals surface area (Å²) in [7, 11) is 0. The van der Waals surface area contributed by atoms with Gasteiger partial charge in [0.15, 0.2) is 0 Å². The van der Waals surface area contributed by atoms with Gasteiger partial charge in [0.25, 0.3) is 0 Å². The van der Waals surface area contributed by atoms with Crippen LogP contribution < -0.4 is 0 Å². The van der Waals surface area contributed by atoms with Gasteiger partial charge in [-0.15, -0.1) is 0 Å². The average molecular weight is 293 g/mol. The average Bonchev–Trinajstić information content (AvgIpc) is 2.57. The smallest absolute Gasteiger partial charge is 0.309 e. The fourth-order valence-corrected chi connectivity index (χ4v) is 2.71. The molecule has 94 valence electrons. The summed E-state index contributed by atoms with van der Waals surface area (Å²) < 4.78 is 10.8. The minimum atomic E-state index is -0.0809. The van der Waals surface area contributed by atoms with Crippen molar-refractivity contribution >= 4 is 21.9 Å². The Labute approximate surface area is 106 Å². The normalized spacial score (nSPS) is 29.7. The molecule has 0 aromatic rings. The van der Waals surface area contributed by atoms with Gasteiger partial charge in [0, 0.05) is 11.4 Å². The molecule has 0 aromatic heterocycles. The lowest BCUT2D eigenvalue weighted by atomic mass is 10.1. The van der Waals surface area contributed by atoms with Crippen molar-refractivity contribution in [2.75, 3.05) is 13.2 Å². The van der Waals surface area contributed by atoms with Gasteiger partial charge in [0.2, 0.25) is 0 Å². The zero-order valence-electron chi connectivity index (χ0n) is 10.2. The van der Waals surface area contributed by atoms with Crippen molar-refractivity contribution in [1.29, 1.82) is 0 Å². The zero-order chi connectivity index (χ0) is 12.1. The van der Waals surface area contributed by atoms with Crippen molar-refractivity contribution in [3.63, 3.8) is 0 Å². The van der Waals surface area contributed by atoms with Crippen LogP contribution >= 0.6 is 15.9 Å². The van der Waals surface area contributed by atoms with E-state index in [2.05, 4.69) is 29.8 Å². The number of rotatable bonds is 5. The Morgan fingerprint density at radius 1 is 1.44 bits per heavy atom. The quantitative estimate of drug-likeness (QED) is 0.577. The Balaban J connectivity index is 2.37. The molecule has 0 aromatic carbocycles. The minimum absolute atomic E-state index is 0.00138. The van der Waals surface area contributed by atoms with Gasteiger partial charge < -0.3 is 9.47 Å². The highest BCUT2D eigenvalue weighted by Gasteiger charge is 2.37. The minimum Gasteiger partial charge on any atom is -0.466 e. The van der Waals surface area contributed by atoms with Crippen LogP contribution in [0.25, 0.3) is 0 Å². The molecule has 0 saturated heterocycles. The van der Waals surface area contributed by atoms with Crippen LogP contribution in [0.4, 0.5) is 0 Å². The third-order valence-corrected chi connectivity index (χ3v) is 3.66. The first-order chi connectivity index (χ1) is 7.54. The van der Waals surface area contributed by atoms with Crippen LogP contribution in [0, 0.1) is 11.8 Å². The largest absolute Gasteiger partial charge is 0.466 e. The van der Waals surface area contributed by atoms with Crippen LogP contribution in [0.5, 0.6) is 0 Å². The van der Waals surface area contributed by atoms with Gasteiger partial charge in [0.05, 0.1) is 18.6 Å². The summed E-state index contributed by atoms with van der Waals surface area (Å²) in [5, 5.41) is 0. The lowest BCUT2D eigenvalue weighted by Gasteiger charge is -2.16. The highest BCUT2D eigenvalue weighted by molar-refractivity contribution is 9.09. The molecular weight excluding hydrogens is 272 g/mol. The number of ether oxygens (including phenoxy) is 2. The maximum atomic E-state index is 11.6. The van der Waals surface area contributed by atoms with Gasteiger partial charge in [0.1, 0.15) is 0 Å². The standard InChI is InChI=1S/C12H21BrO3/c1-4-15-12(14)9-5-10(13)11(6-9)16-7-8(2)3/h8-11H,4-7H2,1-3H3. The fourth-order valence-electron chi connectivity index (χ4n) is 1.89. The molecule has 1 fully saturated rings. The Hall–Kier alpha value is -0.0900. The van der Waals surface area contributed by atoms with Crippen LogP contribution in [-0.2, 0) is 14.3 Å². The number of carbonyl (C=O) groups is 1. The van der Waals surface area contributed by atoms with Crippen LogP contribution in [-0.4, -0.2) is 30.1 Å². The van der Waals surface area contributed by atoms with Crippen LogP contribution in [0.3, 0.4) is 0 Å². The van der Waals surface area contributed by atoms with Crippen molar-refractivity contribution in [2.45, 2.75) is 44.5 Å². The molecule has 1 aliphatic carbocycles. The van der Waals surface area contributed by atoms with Crippen LogP contribution in [0.1, 0.15) is 33.6 Å². The number of carbonyl (C=O) groups excluding carboxylic acids is 1. The molecule has 0 bridgehead atoms. The van der Waals surface area contributed by atoms with E-state index in [0.717, 1.165) is 19.4 Å². The molecule has 0 N–H and O–H groups in total. The summed E-state index contributed by atoms with van der Waals surface area (Å²) in [6.45, 7) is 7.30. The summed E-state index contributed by atoms with van der Waals surface area (Å²) in [5.74, 6) is 0.449. The molecule has 1 rings (SSSR count). The molecule has 0 radical (unpaired) electrons. The zero-order valence-corrected chi connectivity index (χ0v) is 11.8. The first kappa shape index (κ1) is 14.0. The van der Waals surface area contributed by atoms with Gasteiger partial charge in [-0.1, -0.05) is 29.8 Å². The van der Waals surface area contributed by atoms with E-state index in [0.29, 0.717) is 12.5 Å². The molecule has 0 spiro atoms. The van der Waals surface area contributed by atoms with E-state index in [4.69, 9.17) is 9.47 Å². The molecule has 0 amide bonds. The second kappa shape index (κ2) is 6.60. The topological polar surface area (TPSA) is 35.5 Å². The summed E-state index contributed by atoms with van der Waals surface area (Å²) in [5.41, 5.74) is 0. The van der Waals surface area contributed by atoms with E-state index < -0.39 is 0 Å². The number of esters is 1. The maximum Gasteiger partial charge on any atom is 0.309 e. The SMILES string of the molecule is CCOC(=O)C1CC(Br)C(OCC(C)C)C1. The van der Waals surface area contributed by atoms with Gasteiger partial charge in [-0.05, 0) is 25.7 Å². The van der Waals surface area contributed by atoms with Crippen LogP contribution in [0.15, 0.2) is 0 Å². The van der Waals surface area contributed by atoms with Crippen LogP contribution in [0.2, 0.25) is 0 Å². The van der Waals surface area contributed by atoms with E-state index in [-0.39, 0.29) is 22.8 Å². The third kappa shape index (κ3) is 4.06. The van der Waals surface area contributed by atoms with Crippen molar-refractivity contribution in [3.05, 3.63) is 0 Å². The van der Waals surface area contributed by atoms with Gasteiger partial charge in [-0.3, -0.25) is 4.79 Å². The van der Waals surface area contributed by atoms with Gasteiger partial charge in [-0.2, -0.15) is 0 Å². The summed E-state index contributed by atoms with van der Waals surface area (Å²) in [6, 6.07) is 0. The number of hydrogen-bond acceptors (Lipinski definition) is 3. The summed E-state index contributed by atoms with van der Waals surface area (Å²) >= 11 is 3.58. The first-order valence-corrected chi connectivity index (χ1v) is 6.88. The number of alkyl halides is 1. The highest BCUT2D eigenvalue weighted by Crippen LogP contribution is 2.34. The van der Waals surface area contributed by atoms with Gasteiger partial charge >= 0.3 is 5.97 Å². The summed E-state index contributed by atoms with van der Waals surface area (Å²) in [6.07, 6.45) is 1.75. The van der Waals surface area contributed by atoms with Crippen molar-refractivity contribution in [3.8, 4) is 0 Å². The number of halogens is 1. The predicted molar refractivity (Wildman–Crippen MR) is 66.7 cm³/mol. The Morgan fingerprint density at radius 2 is 2.12 bits per heavy atom. The molecule has 3 unspecified atom stereocenters. The molecule has 4 heteroatoms. The molecule has 0 aliphatic heterocycles. The second-order valence-electron chi connectivity index (χ2n) is 4.70. The second-order valence-corrected chi connectivity index (χ2v) is 5.88. The van der Waals surface area contributed by atoms with Gasteiger partial charge in [-0.25, -0.2) is 0 Å². The van der Waals surface area contributed by atoms with E-state index in [1.165, 1.54) is 0 Å². The van der Waals surface area contributed by atoms with E-state index in [9.17, 15) is 4.79 Å². The fraction of sp³-hybridized carbons (Fsp3) is 0.917. The summed E-state index contributed by atoms with van der Waals surface area (Å²) in [4.78, 5) is 11.9. The predicted octanol–water partition coefficient (Wildman–Crippen LogP) is 2.76. The lowest BCUT2D eigenvalue weighted by Crippen LogP contribution is -2.20. The molecule has 0 heterocycles. The third-order valence-electron chi connectivity index (χ3n) is 2.69. The van der Waals surface area contributed by atoms with E-state index in [1.54, 1.807) is 0 Å². The van der Waals surface area contributed by atoms with Crippen molar-refractivity contribution in [2.24, 2.45) is 11.8 Å². The first-order valence-electron chi connectivity index (χ1n) is 5.96. The Bertz CT molecular complexity index is 230. The molecule has 3 atom stereocenters. The van der Waals surface area contributed by atoms with E-state index in [1.807, 2.05) is 6.92 Å². The molecule has 1 saturated carbocycles. The molecular formula is C12H21BrO3. The number of hydrogen-bond donors (Lipinski definition) is 0. The Morgan fingerprint density at radius 3 is 2.69 bits per heavy atom. The molecule has 1 aliphatic rings. The van der Waals surface area contributed by atoms with Crippen molar-refractivity contribution < 1.29 is 14.3 Å². The van der Waals surface area contributed by atoms with E-state index >= 15 is 0 Å². The lowest BCUT2D eigenvalue weighted by molar-refractivity contribution is -0.148. The maximum absolute atomic E-state index is 11.6. The highest BCUT2D eigenvalue weighted by atomic mass is 79.9. The monoisotopic (exact) mass is 292 g/mol. The Kier molecular flexibility index (Phi) is 5.76. The molecule has 3 nitrogen and oxygen atoms in total.